The molecule has 0 aromatic heterocycles. The summed E-state index contributed by atoms with van der Waals surface area (Å²) in [6.45, 7) is 4.78. The van der Waals surface area contributed by atoms with Crippen LogP contribution in [0.25, 0.3) is 0 Å². The van der Waals surface area contributed by atoms with Crippen molar-refractivity contribution in [1.29, 1.82) is 0 Å². The molecule has 1 aliphatic rings. The standard InChI is InChI=1S/C14H15F3N2O5S/c1-13(2,3)12(20)18-11-7-19(25(21,22)23)9-6-8(14(15,16)17)4-5-10(9)24-11/h4-7H,1-3H3,(H,18,20)(H,21,22,23). The van der Waals surface area contributed by atoms with Gasteiger partial charge in [0.05, 0.1) is 11.8 Å². The summed E-state index contributed by atoms with van der Waals surface area (Å²) < 4.78 is 76.2. The molecule has 138 valence electrons. The first-order valence-electron chi connectivity index (χ1n) is 6.89. The number of carbonyl (C=O) groups excluding carboxylic acids is 1. The molecule has 11 heteroatoms. The van der Waals surface area contributed by atoms with E-state index in [1.165, 1.54) is 0 Å². The molecule has 1 aromatic rings. The minimum absolute atomic E-state index is 0.194. The van der Waals surface area contributed by atoms with Gasteiger partial charge in [0.25, 0.3) is 0 Å². The molecule has 2 N–H and O–H groups in total. The molecule has 1 aliphatic heterocycles. The summed E-state index contributed by atoms with van der Waals surface area (Å²) in [4.78, 5) is 12.0. The zero-order valence-corrected chi connectivity index (χ0v) is 14.2. The van der Waals surface area contributed by atoms with Crippen LogP contribution in [-0.2, 0) is 21.3 Å². The summed E-state index contributed by atoms with van der Waals surface area (Å²) in [6.07, 6.45) is -4.04. The van der Waals surface area contributed by atoms with Gasteiger partial charge in [-0.25, -0.2) is 4.31 Å². The van der Waals surface area contributed by atoms with E-state index in [1.807, 2.05) is 0 Å². The molecule has 1 amide bonds. The molecule has 0 fully saturated rings. The van der Waals surface area contributed by atoms with Gasteiger partial charge in [-0.05, 0) is 18.2 Å². The van der Waals surface area contributed by atoms with Gasteiger partial charge in [-0.2, -0.15) is 21.6 Å². The molecule has 2 rings (SSSR count). The Bertz CT molecular complexity index is 841. The average molecular weight is 380 g/mol. The van der Waals surface area contributed by atoms with Crippen LogP contribution < -0.4 is 14.4 Å². The van der Waals surface area contributed by atoms with Crippen LogP contribution in [0.3, 0.4) is 0 Å². The number of nitrogens with zero attached hydrogens (tertiary/aromatic N) is 1. The second-order valence-electron chi connectivity index (χ2n) is 6.25. The number of alkyl halides is 3. The fraction of sp³-hybridized carbons (Fsp3) is 0.357. The predicted octanol–water partition coefficient (Wildman–Crippen LogP) is 2.67. The topological polar surface area (TPSA) is 95.9 Å². The Balaban J connectivity index is 2.49. The van der Waals surface area contributed by atoms with Gasteiger partial charge in [-0.1, -0.05) is 20.8 Å². The highest BCUT2D eigenvalue weighted by Gasteiger charge is 2.35. The second kappa shape index (κ2) is 5.92. The van der Waals surface area contributed by atoms with Crippen LogP contribution in [0, 0.1) is 5.41 Å². The summed E-state index contributed by atoms with van der Waals surface area (Å²) in [7, 11) is -4.95. The van der Waals surface area contributed by atoms with Gasteiger partial charge in [0, 0.05) is 5.41 Å². The highest BCUT2D eigenvalue weighted by molar-refractivity contribution is 7.87. The third kappa shape index (κ3) is 4.23. The van der Waals surface area contributed by atoms with Gasteiger partial charge in [0.2, 0.25) is 11.8 Å². The zero-order chi connectivity index (χ0) is 19.2. The molecule has 25 heavy (non-hydrogen) atoms. The van der Waals surface area contributed by atoms with E-state index in [1.54, 1.807) is 20.8 Å². The minimum atomic E-state index is -4.95. The van der Waals surface area contributed by atoms with Gasteiger partial charge in [-0.15, -0.1) is 0 Å². The fourth-order valence-corrected chi connectivity index (χ4v) is 2.44. The molecule has 0 bridgehead atoms. The molecule has 0 aliphatic carbocycles. The summed E-state index contributed by atoms with van der Waals surface area (Å²) >= 11 is 0. The van der Waals surface area contributed by atoms with Crippen molar-refractivity contribution < 1.29 is 35.7 Å². The maximum absolute atomic E-state index is 12.8. The van der Waals surface area contributed by atoms with Crippen molar-refractivity contribution in [2.75, 3.05) is 4.31 Å². The number of nitrogens with one attached hydrogen (secondary N) is 1. The Kier molecular flexibility index (Phi) is 4.51. The SMILES string of the molecule is CC(C)(C)C(=O)NC1=CN(S(=O)(=O)O)c2cc(C(F)(F)F)ccc2O1. The number of anilines is 1. The number of ether oxygens (including phenoxy) is 1. The van der Waals surface area contributed by atoms with Crippen LogP contribution in [0.15, 0.2) is 30.3 Å². The van der Waals surface area contributed by atoms with E-state index in [-0.39, 0.29) is 15.9 Å². The molecule has 0 saturated heterocycles. The van der Waals surface area contributed by atoms with Gasteiger partial charge in [0.15, 0.2) is 5.75 Å². The van der Waals surface area contributed by atoms with Gasteiger partial charge in [-0.3, -0.25) is 14.7 Å². The van der Waals surface area contributed by atoms with Crippen molar-refractivity contribution in [3.8, 4) is 5.75 Å². The van der Waals surface area contributed by atoms with Crippen LogP contribution in [0.2, 0.25) is 0 Å². The first kappa shape index (κ1) is 19.1. The molecule has 7 nitrogen and oxygen atoms in total. The number of rotatable bonds is 2. The van der Waals surface area contributed by atoms with E-state index in [0.29, 0.717) is 18.3 Å². The van der Waals surface area contributed by atoms with Crippen molar-refractivity contribution in [3.05, 3.63) is 35.8 Å². The first-order chi connectivity index (χ1) is 11.2. The van der Waals surface area contributed by atoms with E-state index >= 15 is 0 Å². The lowest BCUT2D eigenvalue weighted by atomic mass is 9.96. The van der Waals surface area contributed by atoms with Crippen molar-refractivity contribution in [1.82, 2.24) is 5.32 Å². The van der Waals surface area contributed by atoms with Gasteiger partial charge in [0.1, 0.15) is 5.69 Å². The number of hydrogen-bond acceptors (Lipinski definition) is 4. The van der Waals surface area contributed by atoms with E-state index < -0.39 is 39.1 Å². The van der Waals surface area contributed by atoms with Crippen molar-refractivity contribution in [2.45, 2.75) is 26.9 Å². The number of fused-ring (bicyclic) bond motifs is 1. The number of benzene rings is 1. The summed E-state index contributed by atoms with van der Waals surface area (Å²) in [6, 6.07) is 2.10. The number of amides is 1. The Morgan fingerprint density at radius 2 is 1.84 bits per heavy atom. The minimum Gasteiger partial charge on any atom is -0.437 e. The first-order valence-corrected chi connectivity index (χ1v) is 8.28. The van der Waals surface area contributed by atoms with Crippen LogP contribution in [0.5, 0.6) is 5.75 Å². The van der Waals surface area contributed by atoms with Crippen molar-refractivity contribution in [3.63, 3.8) is 0 Å². The predicted molar refractivity (Wildman–Crippen MR) is 81.8 cm³/mol. The summed E-state index contributed by atoms with van der Waals surface area (Å²) in [5, 5.41) is 2.31. The number of hydrogen-bond donors (Lipinski definition) is 2. The summed E-state index contributed by atoms with van der Waals surface area (Å²) in [5.41, 5.74) is -2.50. The smallest absolute Gasteiger partial charge is 0.416 e. The average Bonchev–Trinajstić information content (AvgIpc) is 2.42. The van der Waals surface area contributed by atoms with E-state index in [4.69, 9.17) is 4.74 Å². The Morgan fingerprint density at radius 1 is 1.24 bits per heavy atom. The molecule has 0 atom stereocenters. The Labute approximate surface area is 142 Å². The van der Waals surface area contributed by atoms with Gasteiger partial charge >= 0.3 is 16.5 Å². The maximum atomic E-state index is 12.8. The normalized spacial score (nSPS) is 15.2. The third-order valence-electron chi connectivity index (χ3n) is 3.14. The van der Waals surface area contributed by atoms with Crippen molar-refractivity contribution in [2.24, 2.45) is 5.41 Å². The molecular formula is C14H15F3N2O5S. The zero-order valence-electron chi connectivity index (χ0n) is 13.4. The Hall–Kier alpha value is -2.27. The molecule has 0 spiro atoms. The highest BCUT2D eigenvalue weighted by Crippen LogP contribution is 2.40. The van der Waals surface area contributed by atoms with E-state index in [2.05, 4.69) is 5.32 Å². The molecule has 1 aromatic carbocycles. The summed E-state index contributed by atoms with van der Waals surface area (Å²) in [5.74, 6) is -1.16. The Morgan fingerprint density at radius 3 is 2.32 bits per heavy atom. The number of carbonyl (C=O) groups is 1. The van der Waals surface area contributed by atoms with Crippen molar-refractivity contribution >= 4 is 21.9 Å². The van der Waals surface area contributed by atoms with Crippen LogP contribution in [0.4, 0.5) is 18.9 Å². The fourth-order valence-electron chi connectivity index (χ4n) is 1.82. The second-order valence-corrected chi connectivity index (χ2v) is 7.54. The van der Waals surface area contributed by atoms with Crippen LogP contribution in [0.1, 0.15) is 26.3 Å². The van der Waals surface area contributed by atoms with Gasteiger partial charge < -0.3 is 4.74 Å². The molecular weight excluding hydrogens is 365 g/mol. The molecule has 1 heterocycles. The largest absolute Gasteiger partial charge is 0.437 e. The third-order valence-corrected chi connectivity index (χ3v) is 3.94. The van der Waals surface area contributed by atoms with Crippen LogP contribution >= 0.6 is 0 Å². The van der Waals surface area contributed by atoms with Crippen LogP contribution in [-0.4, -0.2) is 18.9 Å². The lowest BCUT2D eigenvalue weighted by Crippen LogP contribution is -2.39. The highest BCUT2D eigenvalue weighted by atomic mass is 32.2. The molecule has 0 unspecified atom stereocenters. The lowest BCUT2D eigenvalue weighted by Gasteiger charge is -2.28. The number of halogens is 3. The molecule has 0 radical (unpaired) electrons. The molecule has 0 saturated carbocycles. The maximum Gasteiger partial charge on any atom is 0.416 e. The van der Waals surface area contributed by atoms with E-state index in [0.717, 1.165) is 6.07 Å². The van der Waals surface area contributed by atoms with E-state index in [9.17, 15) is 30.9 Å². The monoisotopic (exact) mass is 380 g/mol. The quantitative estimate of drug-likeness (QED) is 0.769. The lowest BCUT2D eigenvalue weighted by molar-refractivity contribution is -0.137.